The molecule has 0 aromatic carbocycles. The van der Waals surface area contributed by atoms with Gasteiger partial charge >= 0.3 is 0 Å². The van der Waals surface area contributed by atoms with E-state index >= 15 is 0 Å². The molecule has 4 nitrogen and oxygen atoms in total. The summed E-state index contributed by atoms with van der Waals surface area (Å²) in [5.74, 6) is 0.0943. The summed E-state index contributed by atoms with van der Waals surface area (Å²) in [4.78, 5) is 0. The summed E-state index contributed by atoms with van der Waals surface area (Å²) in [7, 11) is 2.89. The van der Waals surface area contributed by atoms with Crippen molar-refractivity contribution in [2.24, 2.45) is 11.8 Å². The molecule has 20 heavy (non-hydrogen) atoms. The van der Waals surface area contributed by atoms with Crippen LogP contribution < -0.4 is 0 Å². The van der Waals surface area contributed by atoms with Crippen LogP contribution in [0.25, 0.3) is 0 Å². The van der Waals surface area contributed by atoms with Crippen LogP contribution in [0.2, 0.25) is 0 Å². The van der Waals surface area contributed by atoms with E-state index in [2.05, 4.69) is 9.24 Å². The molecule has 0 radical (unpaired) electrons. The van der Waals surface area contributed by atoms with Gasteiger partial charge in [0, 0.05) is 38.3 Å². The normalized spacial score (nSPS) is 13.3. The Labute approximate surface area is 125 Å². The van der Waals surface area contributed by atoms with Gasteiger partial charge < -0.3 is 20.4 Å². The Morgan fingerprint density at radius 1 is 0.550 bits per heavy atom. The van der Waals surface area contributed by atoms with E-state index < -0.39 is 0 Å². The molecular formula is C15H33O4P. The van der Waals surface area contributed by atoms with Crippen LogP contribution in [0.1, 0.15) is 51.4 Å². The van der Waals surface area contributed by atoms with Gasteiger partial charge in [0.2, 0.25) is 0 Å². The Bertz CT molecular complexity index is 196. The quantitative estimate of drug-likeness (QED) is 0.290. The third-order valence-electron chi connectivity index (χ3n) is 3.91. The number of aliphatic hydroxyl groups excluding tert-OH is 4. The third kappa shape index (κ3) is 11.0. The lowest BCUT2D eigenvalue weighted by atomic mass is 9.99. The number of rotatable bonds is 14. The molecule has 0 heterocycles. The summed E-state index contributed by atoms with van der Waals surface area (Å²) in [6.45, 7) is 0.323. The minimum absolute atomic E-state index is 0.0427. The Morgan fingerprint density at radius 3 is 1.45 bits per heavy atom. The zero-order valence-corrected chi connectivity index (χ0v) is 13.7. The average Bonchev–Trinajstić information content (AvgIpc) is 2.47. The first-order valence-electron chi connectivity index (χ1n) is 7.86. The van der Waals surface area contributed by atoms with Crippen molar-refractivity contribution in [3.8, 4) is 0 Å². The molecule has 2 atom stereocenters. The molecule has 122 valence electrons. The van der Waals surface area contributed by atoms with Gasteiger partial charge in [-0.05, 0) is 31.3 Å². The van der Waals surface area contributed by atoms with E-state index in [1.165, 1.54) is 12.8 Å². The van der Waals surface area contributed by atoms with E-state index in [1.807, 2.05) is 0 Å². The molecule has 0 saturated heterocycles. The first kappa shape index (κ1) is 20.3. The van der Waals surface area contributed by atoms with Gasteiger partial charge in [0.25, 0.3) is 0 Å². The lowest BCUT2D eigenvalue weighted by Crippen LogP contribution is -2.11. The van der Waals surface area contributed by atoms with E-state index in [9.17, 15) is 0 Å². The number of unbranched alkanes of at least 4 members (excludes halogenated alkanes) is 2. The highest BCUT2D eigenvalue weighted by molar-refractivity contribution is 7.17. The summed E-state index contributed by atoms with van der Waals surface area (Å²) in [6.07, 6.45) is 8.55. The van der Waals surface area contributed by atoms with Crippen LogP contribution in [-0.4, -0.2) is 52.5 Å². The highest BCUT2D eigenvalue weighted by Crippen LogP contribution is 2.20. The molecule has 0 bridgehead atoms. The Hall–Kier alpha value is 0.270. The molecular weight excluding hydrogens is 275 g/mol. The summed E-state index contributed by atoms with van der Waals surface area (Å²) in [5.41, 5.74) is 0.611. The maximum absolute atomic E-state index is 8.98. The van der Waals surface area contributed by atoms with Gasteiger partial charge in [-0.15, -0.1) is 9.24 Å². The molecule has 0 aliphatic heterocycles. The van der Waals surface area contributed by atoms with E-state index in [1.54, 1.807) is 0 Å². The molecule has 2 unspecified atom stereocenters. The molecule has 0 aliphatic rings. The first-order valence-corrected chi connectivity index (χ1v) is 8.53. The van der Waals surface area contributed by atoms with Crippen molar-refractivity contribution < 1.29 is 20.4 Å². The second-order valence-corrected chi connectivity index (χ2v) is 6.73. The molecule has 0 rings (SSSR count). The van der Waals surface area contributed by atoms with Crippen LogP contribution in [0.15, 0.2) is 0 Å². The van der Waals surface area contributed by atoms with Crippen LogP contribution >= 0.6 is 9.24 Å². The highest BCUT2D eigenvalue weighted by atomic mass is 31.0. The Balaban J connectivity index is 3.42. The highest BCUT2D eigenvalue weighted by Gasteiger charge is 2.08. The summed E-state index contributed by atoms with van der Waals surface area (Å²) in [6, 6.07) is 0. The molecule has 0 fully saturated rings. The smallest absolute Gasteiger partial charge is 0.0481 e. The van der Waals surface area contributed by atoms with Gasteiger partial charge in [0.05, 0.1) is 0 Å². The molecule has 5 heteroatoms. The number of aliphatic hydroxyl groups is 4. The first-order chi connectivity index (χ1) is 9.67. The molecule has 0 aliphatic carbocycles. The summed E-state index contributed by atoms with van der Waals surface area (Å²) < 4.78 is 0. The maximum Gasteiger partial charge on any atom is 0.0481 e. The van der Waals surface area contributed by atoms with Crippen LogP contribution in [0.3, 0.4) is 0 Å². The van der Waals surface area contributed by atoms with Gasteiger partial charge in [0.1, 0.15) is 0 Å². The van der Waals surface area contributed by atoms with Gasteiger partial charge in [-0.2, -0.15) is 0 Å². The summed E-state index contributed by atoms with van der Waals surface area (Å²) >= 11 is 0. The number of hydrogen-bond acceptors (Lipinski definition) is 4. The zero-order chi connectivity index (χ0) is 15.2. The zero-order valence-electron chi connectivity index (χ0n) is 12.6. The minimum Gasteiger partial charge on any atom is -0.396 e. The lowest BCUT2D eigenvalue weighted by molar-refractivity contribution is 0.141. The third-order valence-corrected chi connectivity index (χ3v) is 4.57. The van der Waals surface area contributed by atoms with Crippen molar-refractivity contribution in [2.45, 2.75) is 57.0 Å². The molecule has 4 N–H and O–H groups in total. The van der Waals surface area contributed by atoms with Crippen molar-refractivity contribution in [3.63, 3.8) is 0 Å². The van der Waals surface area contributed by atoms with Crippen LogP contribution in [-0.2, 0) is 0 Å². The van der Waals surface area contributed by atoms with Gasteiger partial charge in [-0.25, -0.2) is 0 Å². The standard InChI is InChI=1S/C15H33O4P/c16-9-13(10-17)5-2-1-3-7-15(20)8-4-6-14(11-18)12-19/h13-19H,1-12,20H2. The second-order valence-electron chi connectivity index (χ2n) is 5.79. The average molecular weight is 308 g/mol. The van der Waals surface area contributed by atoms with E-state index in [4.69, 9.17) is 20.4 Å². The topological polar surface area (TPSA) is 80.9 Å². The lowest BCUT2D eigenvalue weighted by Gasteiger charge is -2.14. The predicted molar refractivity (Wildman–Crippen MR) is 85.8 cm³/mol. The molecule has 0 amide bonds. The second kappa shape index (κ2) is 14.2. The Morgan fingerprint density at radius 2 is 0.950 bits per heavy atom. The summed E-state index contributed by atoms with van der Waals surface area (Å²) in [5, 5.41) is 35.9. The van der Waals surface area contributed by atoms with Crippen molar-refractivity contribution in [2.75, 3.05) is 26.4 Å². The Kier molecular flexibility index (Phi) is 14.4. The fraction of sp³-hybridized carbons (Fsp3) is 1.00. The fourth-order valence-corrected chi connectivity index (χ4v) is 2.78. The maximum atomic E-state index is 8.98. The molecule has 0 aromatic heterocycles. The van der Waals surface area contributed by atoms with Crippen LogP contribution in [0.5, 0.6) is 0 Å². The molecule has 0 aromatic rings. The van der Waals surface area contributed by atoms with Crippen LogP contribution in [0, 0.1) is 11.8 Å². The fourth-order valence-electron chi connectivity index (χ4n) is 2.31. The van der Waals surface area contributed by atoms with E-state index in [0.29, 0.717) is 5.66 Å². The van der Waals surface area contributed by atoms with Crippen molar-refractivity contribution in [3.05, 3.63) is 0 Å². The monoisotopic (exact) mass is 308 g/mol. The van der Waals surface area contributed by atoms with E-state index in [0.717, 1.165) is 38.5 Å². The predicted octanol–water partition coefficient (Wildman–Crippen LogP) is 1.55. The van der Waals surface area contributed by atoms with Gasteiger partial charge in [-0.3, -0.25) is 0 Å². The largest absolute Gasteiger partial charge is 0.396 e. The van der Waals surface area contributed by atoms with Crippen molar-refractivity contribution in [1.29, 1.82) is 0 Å². The van der Waals surface area contributed by atoms with Crippen molar-refractivity contribution >= 4 is 9.24 Å². The van der Waals surface area contributed by atoms with Crippen molar-refractivity contribution in [1.82, 2.24) is 0 Å². The number of hydrogen-bond donors (Lipinski definition) is 4. The SMILES string of the molecule is OCC(CO)CCCCCC(P)CCCC(CO)CO. The molecule has 0 saturated carbocycles. The van der Waals surface area contributed by atoms with Gasteiger partial charge in [-0.1, -0.05) is 25.7 Å². The van der Waals surface area contributed by atoms with Crippen LogP contribution in [0.4, 0.5) is 0 Å². The minimum atomic E-state index is 0.0427. The van der Waals surface area contributed by atoms with Gasteiger partial charge in [0.15, 0.2) is 0 Å². The van der Waals surface area contributed by atoms with E-state index in [-0.39, 0.29) is 38.3 Å². The molecule has 0 spiro atoms.